The van der Waals surface area contributed by atoms with Gasteiger partial charge in [0.1, 0.15) is 12.4 Å². The van der Waals surface area contributed by atoms with Crippen LogP contribution in [0.1, 0.15) is 15.9 Å². The summed E-state index contributed by atoms with van der Waals surface area (Å²) in [7, 11) is 0. The SMILES string of the molecule is Cc1cc(C(=O)N(CCN)CC(F)(F)F)ccc1F. The average Bonchev–Trinajstić information content (AvgIpc) is 2.29. The molecule has 0 aliphatic heterocycles. The molecule has 1 aromatic carbocycles. The van der Waals surface area contributed by atoms with Gasteiger partial charge in [0.2, 0.25) is 0 Å². The lowest BCUT2D eigenvalue weighted by Crippen LogP contribution is -2.41. The van der Waals surface area contributed by atoms with Crippen molar-refractivity contribution in [2.75, 3.05) is 19.6 Å². The number of nitrogens with zero attached hydrogens (tertiary/aromatic N) is 1. The third kappa shape index (κ3) is 4.51. The fourth-order valence-corrected chi connectivity index (χ4v) is 1.58. The first-order valence-electron chi connectivity index (χ1n) is 5.57. The topological polar surface area (TPSA) is 46.3 Å². The number of halogens is 4. The summed E-state index contributed by atoms with van der Waals surface area (Å²) < 4.78 is 50.1. The van der Waals surface area contributed by atoms with E-state index >= 15 is 0 Å². The zero-order valence-corrected chi connectivity index (χ0v) is 10.3. The summed E-state index contributed by atoms with van der Waals surface area (Å²) in [5.74, 6) is -1.33. The van der Waals surface area contributed by atoms with E-state index in [1.165, 1.54) is 13.0 Å². The molecule has 0 atom stereocenters. The third-order valence-electron chi connectivity index (χ3n) is 2.46. The number of rotatable bonds is 4. The molecule has 19 heavy (non-hydrogen) atoms. The summed E-state index contributed by atoms with van der Waals surface area (Å²) in [4.78, 5) is 12.5. The highest BCUT2D eigenvalue weighted by molar-refractivity contribution is 5.94. The van der Waals surface area contributed by atoms with Crippen molar-refractivity contribution in [1.29, 1.82) is 0 Å². The molecule has 0 fully saturated rings. The van der Waals surface area contributed by atoms with Crippen LogP contribution in [0, 0.1) is 12.7 Å². The first-order chi connectivity index (χ1) is 8.74. The second-order valence-electron chi connectivity index (χ2n) is 4.09. The largest absolute Gasteiger partial charge is 0.406 e. The van der Waals surface area contributed by atoms with E-state index in [1.54, 1.807) is 0 Å². The molecule has 0 saturated carbocycles. The van der Waals surface area contributed by atoms with Crippen LogP contribution in [0.4, 0.5) is 17.6 Å². The molecule has 2 N–H and O–H groups in total. The molecule has 0 aromatic heterocycles. The molecule has 0 saturated heterocycles. The first kappa shape index (κ1) is 15.4. The Morgan fingerprint density at radius 1 is 1.37 bits per heavy atom. The number of carbonyl (C=O) groups excluding carboxylic acids is 1. The van der Waals surface area contributed by atoms with Crippen LogP contribution < -0.4 is 5.73 Å². The Bertz CT molecular complexity index is 460. The zero-order chi connectivity index (χ0) is 14.6. The fourth-order valence-electron chi connectivity index (χ4n) is 1.58. The molecule has 0 heterocycles. The van der Waals surface area contributed by atoms with Gasteiger partial charge in [0, 0.05) is 18.7 Å². The number of alkyl halides is 3. The number of carbonyl (C=O) groups is 1. The molecule has 0 aliphatic carbocycles. The van der Waals surface area contributed by atoms with Crippen LogP contribution >= 0.6 is 0 Å². The van der Waals surface area contributed by atoms with E-state index in [2.05, 4.69) is 0 Å². The molecule has 106 valence electrons. The highest BCUT2D eigenvalue weighted by atomic mass is 19.4. The van der Waals surface area contributed by atoms with Crippen molar-refractivity contribution >= 4 is 5.91 Å². The molecule has 7 heteroatoms. The van der Waals surface area contributed by atoms with Crippen molar-refractivity contribution in [1.82, 2.24) is 4.90 Å². The summed E-state index contributed by atoms with van der Waals surface area (Å²) in [6, 6.07) is 3.43. The molecule has 0 radical (unpaired) electrons. The predicted octanol–water partition coefficient (Wildman–Crippen LogP) is 2.10. The Labute approximate surface area is 108 Å². The minimum absolute atomic E-state index is 0.0107. The van der Waals surface area contributed by atoms with Crippen LogP contribution in [0.25, 0.3) is 0 Å². The molecule has 1 rings (SSSR count). The summed E-state index contributed by atoms with van der Waals surface area (Å²) in [5, 5.41) is 0. The molecule has 3 nitrogen and oxygen atoms in total. The van der Waals surface area contributed by atoms with E-state index < -0.39 is 24.4 Å². The maximum absolute atomic E-state index is 13.1. The lowest BCUT2D eigenvalue weighted by molar-refractivity contribution is -0.140. The second kappa shape index (κ2) is 6.01. The Balaban J connectivity index is 2.95. The van der Waals surface area contributed by atoms with Gasteiger partial charge in [-0.3, -0.25) is 4.79 Å². The number of nitrogens with two attached hydrogens (primary N) is 1. The first-order valence-corrected chi connectivity index (χ1v) is 5.57. The van der Waals surface area contributed by atoms with Crippen LogP contribution in [0.5, 0.6) is 0 Å². The van der Waals surface area contributed by atoms with Gasteiger partial charge >= 0.3 is 6.18 Å². The van der Waals surface area contributed by atoms with Gasteiger partial charge in [-0.25, -0.2) is 4.39 Å². The maximum Gasteiger partial charge on any atom is 0.406 e. The van der Waals surface area contributed by atoms with E-state index in [0.717, 1.165) is 12.1 Å². The van der Waals surface area contributed by atoms with Crippen molar-refractivity contribution in [3.8, 4) is 0 Å². The standard InChI is InChI=1S/C12H14F4N2O/c1-8-6-9(2-3-10(8)13)11(19)18(5-4-17)7-12(14,15)16/h2-3,6H,4-5,7,17H2,1H3. The molecule has 1 amide bonds. The van der Waals surface area contributed by atoms with E-state index in [-0.39, 0.29) is 24.2 Å². The maximum atomic E-state index is 13.1. The number of amides is 1. The van der Waals surface area contributed by atoms with Gasteiger partial charge in [0.15, 0.2) is 0 Å². The summed E-state index contributed by atoms with van der Waals surface area (Å²) >= 11 is 0. The summed E-state index contributed by atoms with van der Waals surface area (Å²) in [5.41, 5.74) is 5.41. The predicted molar refractivity (Wildman–Crippen MR) is 62.1 cm³/mol. The molecule has 1 aromatic rings. The second-order valence-corrected chi connectivity index (χ2v) is 4.09. The van der Waals surface area contributed by atoms with Crippen LogP contribution in [0.3, 0.4) is 0 Å². The van der Waals surface area contributed by atoms with Crippen LogP contribution in [0.15, 0.2) is 18.2 Å². The van der Waals surface area contributed by atoms with Gasteiger partial charge in [-0.2, -0.15) is 13.2 Å². The smallest absolute Gasteiger partial charge is 0.329 e. The molecule has 0 bridgehead atoms. The van der Waals surface area contributed by atoms with Crippen LogP contribution in [0.2, 0.25) is 0 Å². The van der Waals surface area contributed by atoms with Crippen molar-refractivity contribution in [3.63, 3.8) is 0 Å². The minimum Gasteiger partial charge on any atom is -0.329 e. The highest BCUT2D eigenvalue weighted by Gasteiger charge is 2.33. The normalized spacial score (nSPS) is 11.5. The van der Waals surface area contributed by atoms with Crippen molar-refractivity contribution in [2.45, 2.75) is 13.1 Å². The van der Waals surface area contributed by atoms with Crippen molar-refractivity contribution < 1.29 is 22.4 Å². The van der Waals surface area contributed by atoms with Gasteiger partial charge in [0.25, 0.3) is 5.91 Å². The van der Waals surface area contributed by atoms with Gasteiger partial charge in [-0.1, -0.05) is 0 Å². The van der Waals surface area contributed by atoms with E-state index in [9.17, 15) is 22.4 Å². The van der Waals surface area contributed by atoms with Gasteiger partial charge in [-0.05, 0) is 30.7 Å². The van der Waals surface area contributed by atoms with Crippen LogP contribution in [-0.2, 0) is 0 Å². The third-order valence-corrected chi connectivity index (χ3v) is 2.46. The van der Waals surface area contributed by atoms with E-state index in [4.69, 9.17) is 5.73 Å². The quantitative estimate of drug-likeness (QED) is 0.857. The van der Waals surface area contributed by atoms with Crippen molar-refractivity contribution in [3.05, 3.63) is 35.1 Å². The summed E-state index contributed by atoms with van der Waals surface area (Å²) in [6.07, 6.45) is -4.50. The Hall–Kier alpha value is -1.63. The van der Waals surface area contributed by atoms with E-state index in [1.807, 2.05) is 0 Å². The number of aryl methyl sites for hydroxylation is 1. The van der Waals surface area contributed by atoms with Crippen LogP contribution in [-0.4, -0.2) is 36.6 Å². The lowest BCUT2D eigenvalue weighted by Gasteiger charge is -2.23. The number of hydrogen-bond donors (Lipinski definition) is 1. The number of hydrogen-bond acceptors (Lipinski definition) is 2. The minimum atomic E-state index is -4.50. The Morgan fingerprint density at radius 3 is 2.47 bits per heavy atom. The van der Waals surface area contributed by atoms with Gasteiger partial charge in [-0.15, -0.1) is 0 Å². The fraction of sp³-hybridized carbons (Fsp3) is 0.417. The highest BCUT2D eigenvalue weighted by Crippen LogP contribution is 2.18. The zero-order valence-electron chi connectivity index (χ0n) is 10.3. The number of benzene rings is 1. The molecular weight excluding hydrogens is 264 g/mol. The molecular formula is C12H14F4N2O. The van der Waals surface area contributed by atoms with Gasteiger partial charge < -0.3 is 10.6 Å². The molecule has 0 spiro atoms. The monoisotopic (exact) mass is 278 g/mol. The van der Waals surface area contributed by atoms with Gasteiger partial charge in [0.05, 0.1) is 0 Å². The van der Waals surface area contributed by atoms with E-state index in [0.29, 0.717) is 4.90 Å². The average molecular weight is 278 g/mol. The van der Waals surface area contributed by atoms with Crippen molar-refractivity contribution in [2.24, 2.45) is 5.73 Å². The lowest BCUT2D eigenvalue weighted by atomic mass is 10.1. The Morgan fingerprint density at radius 2 is 2.00 bits per heavy atom. The molecule has 0 unspecified atom stereocenters. The summed E-state index contributed by atoms with van der Waals surface area (Å²) in [6.45, 7) is -0.237. The Kier molecular flexibility index (Phi) is 4.88. The molecule has 0 aliphatic rings.